The van der Waals surface area contributed by atoms with E-state index in [1.807, 2.05) is 24.5 Å². The number of ether oxygens (including phenoxy) is 1. The van der Waals surface area contributed by atoms with Crippen molar-refractivity contribution in [2.45, 2.75) is 25.2 Å². The average molecular weight is 313 g/mol. The topological polar surface area (TPSA) is 47.3 Å². The molecule has 0 atom stereocenters. The highest BCUT2D eigenvalue weighted by Crippen LogP contribution is 2.27. The van der Waals surface area contributed by atoms with E-state index in [0.29, 0.717) is 10.9 Å². The molecule has 0 amide bonds. The first-order valence-electron chi connectivity index (χ1n) is 6.84. The predicted molar refractivity (Wildman–Crippen MR) is 92.9 cm³/mol. The van der Waals surface area contributed by atoms with Crippen molar-refractivity contribution in [3.05, 3.63) is 23.8 Å². The average Bonchev–Trinajstić information content (AvgIpc) is 2.41. The predicted octanol–water partition coefficient (Wildman–Crippen LogP) is 3.52. The van der Waals surface area contributed by atoms with Gasteiger partial charge in [-0.05, 0) is 30.7 Å². The first-order chi connectivity index (χ1) is 9.56. The fraction of sp³-hybridized carbons (Fsp3) is 0.533. The molecule has 0 saturated heterocycles. The van der Waals surface area contributed by atoms with Crippen molar-refractivity contribution in [1.29, 1.82) is 0 Å². The van der Waals surface area contributed by atoms with Crippen LogP contribution in [0.2, 0.25) is 0 Å². The van der Waals surface area contributed by atoms with E-state index in [0.717, 1.165) is 42.3 Å². The molecule has 1 rings (SSSR count). The molecule has 20 heavy (non-hydrogen) atoms. The van der Waals surface area contributed by atoms with E-state index in [2.05, 4.69) is 19.2 Å². The van der Waals surface area contributed by atoms with Gasteiger partial charge in [0.15, 0.2) is 0 Å². The highest BCUT2D eigenvalue weighted by atomic mass is 32.2. The third-order valence-corrected chi connectivity index (χ3v) is 3.71. The third kappa shape index (κ3) is 5.69. The van der Waals surface area contributed by atoms with Crippen molar-refractivity contribution in [2.24, 2.45) is 11.7 Å². The van der Waals surface area contributed by atoms with Crippen molar-refractivity contribution < 1.29 is 4.74 Å². The fourth-order valence-electron chi connectivity index (χ4n) is 1.82. The van der Waals surface area contributed by atoms with Crippen LogP contribution in [-0.2, 0) is 4.74 Å². The molecular formula is C15H24N2OS2. The molecule has 0 aliphatic carbocycles. The zero-order valence-electron chi connectivity index (χ0n) is 12.4. The van der Waals surface area contributed by atoms with Gasteiger partial charge < -0.3 is 15.8 Å². The minimum Gasteiger partial charge on any atom is -0.389 e. The van der Waals surface area contributed by atoms with Crippen molar-refractivity contribution in [2.75, 3.05) is 31.3 Å². The zero-order chi connectivity index (χ0) is 15.0. The van der Waals surface area contributed by atoms with E-state index in [9.17, 15) is 0 Å². The van der Waals surface area contributed by atoms with Gasteiger partial charge in [-0.2, -0.15) is 0 Å². The molecule has 0 aliphatic rings. The van der Waals surface area contributed by atoms with E-state index in [-0.39, 0.29) is 0 Å². The van der Waals surface area contributed by atoms with Crippen LogP contribution in [0, 0.1) is 5.92 Å². The van der Waals surface area contributed by atoms with Gasteiger partial charge in [0.25, 0.3) is 0 Å². The number of nitrogens with one attached hydrogen (secondary N) is 1. The summed E-state index contributed by atoms with van der Waals surface area (Å²) in [4.78, 5) is 1.55. The van der Waals surface area contributed by atoms with Crippen molar-refractivity contribution >= 4 is 34.7 Å². The normalized spacial score (nSPS) is 10.8. The van der Waals surface area contributed by atoms with Crippen LogP contribution >= 0.6 is 24.0 Å². The fourth-order valence-corrected chi connectivity index (χ4v) is 2.74. The second kappa shape index (κ2) is 9.21. The lowest BCUT2D eigenvalue weighted by Crippen LogP contribution is -2.16. The third-order valence-electron chi connectivity index (χ3n) is 2.72. The summed E-state index contributed by atoms with van der Waals surface area (Å²) in [6.45, 7) is 6.75. The number of hydrogen-bond donors (Lipinski definition) is 2. The van der Waals surface area contributed by atoms with Crippen LogP contribution in [0.5, 0.6) is 0 Å². The van der Waals surface area contributed by atoms with Crippen molar-refractivity contribution in [3.63, 3.8) is 0 Å². The molecule has 3 N–H and O–H groups in total. The Morgan fingerprint density at radius 1 is 1.45 bits per heavy atom. The Kier molecular flexibility index (Phi) is 7.95. The maximum atomic E-state index is 5.83. The largest absolute Gasteiger partial charge is 0.389 e. The Hall–Kier alpha value is -0.780. The summed E-state index contributed by atoms with van der Waals surface area (Å²) in [7, 11) is 0. The minimum absolute atomic E-state index is 0.438. The van der Waals surface area contributed by atoms with Crippen LogP contribution in [-0.4, -0.2) is 31.0 Å². The number of rotatable bonds is 9. The highest BCUT2D eigenvalue weighted by molar-refractivity contribution is 7.98. The van der Waals surface area contributed by atoms with Gasteiger partial charge in [-0.25, -0.2) is 0 Å². The maximum absolute atomic E-state index is 5.83. The van der Waals surface area contributed by atoms with Gasteiger partial charge in [-0.15, -0.1) is 11.8 Å². The molecule has 0 spiro atoms. The number of anilines is 1. The lowest BCUT2D eigenvalue weighted by Gasteiger charge is -2.14. The van der Waals surface area contributed by atoms with Crippen LogP contribution in [0.4, 0.5) is 5.69 Å². The number of benzene rings is 1. The minimum atomic E-state index is 0.438. The molecule has 0 unspecified atom stereocenters. The van der Waals surface area contributed by atoms with E-state index < -0.39 is 0 Å². The molecule has 0 radical (unpaired) electrons. The Balaban J connectivity index is 2.49. The van der Waals surface area contributed by atoms with Gasteiger partial charge in [0, 0.05) is 35.9 Å². The van der Waals surface area contributed by atoms with Gasteiger partial charge >= 0.3 is 0 Å². The zero-order valence-corrected chi connectivity index (χ0v) is 14.1. The van der Waals surface area contributed by atoms with E-state index in [1.54, 1.807) is 11.8 Å². The molecule has 0 fully saturated rings. The van der Waals surface area contributed by atoms with Crippen LogP contribution < -0.4 is 11.1 Å². The molecule has 0 aromatic heterocycles. The molecule has 0 bridgehead atoms. The van der Waals surface area contributed by atoms with Crippen LogP contribution in [0.15, 0.2) is 23.1 Å². The number of thiocarbonyl (C=S) groups is 1. The Bertz CT molecular complexity index is 436. The lowest BCUT2D eigenvalue weighted by atomic mass is 10.1. The number of nitrogens with two attached hydrogens (primary N) is 1. The summed E-state index contributed by atoms with van der Waals surface area (Å²) in [5.74, 6) is 0.586. The summed E-state index contributed by atoms with van der Waals surface area (Å²) in [6.07, 6.45) is 2.99. The summed E-state index contributed by atoms with van der Waals surface area (Å²) >= 11 is 6.81. The second-order valence-corrected chi connectivity index (χ2v) is 6.28. The molecule has 0 saturated carbocycles. The summed E-state index contributed by atoms with van der Waals surface area (Å²) in [6, 6.07) is 6.07. The molecule has 3 nitrogen and oxygen atoms in total. The first kappa shape index (κ1) is 17.3. The quantitative estimate of drug-likeness (QED) is 0.415. The molecule has 1 aromatic carbocycles. The number of hydrogen-bond acceptors (Lipinski definition) is 4. The number of thioether (sulfide) groups is 1. The van der Waals surface area contributed by atoms with Gasteiger partial charge in [0.05, 0.1) is 0 Å². The van der Waals surface area contributed by atoms with Crippen LogP contribution in [0.3, 0.4) is 0 Å². The standard InChI is InChI=1S/C15H24N2OS2/c1-11(2)10-18-9-5-8-17-12-6-4-7-13(20-3)14(12)15(16)19/h4,6-7,11,17H,5,8-10H2,1-3H3,(H2,16,19). The molecule has 0 aliphatic heterocycles. The SMILES string of the molecule is CSc1cccc(NCCCOCC(C)C)c1C(N)=S. The van der Waals surface area contributed by atoms with E-state index in [1.165, 1.54) is 0 Å². The maximum Gasteiger partial charge on any atom is 0.107 e. The van der Waals surface area contributed by atoms with Crippen LogP contribution in [0.25, 0.3) is 0 Å². The molecule has 5 heteroatoms. The van der Waals surface area contributed by atoms with E-state index in [4.69, 9.17) is 22.7 Å². The lowest BCUT2D eigenvalue weighted by molar-refractivity contribution is 0.110. The molecular weight excluding hydrogens is 288 g/mol. The van der Waals surface area contributed by atoms with Gasteiger partial charge in [0.1, 0.15) is 4.99 Å². The smallest absolute Gasteiger partial charge is 0.107 e. The summed E-state index contributed by atoms with van der Waals surface area (Å²) in [5.41, 5.74) is 7.78. The summed E-state index contributed by atoms with van der Waals surface area (Å²) in [5, 5.41) is 3.40. The van der Waals surface area contributed by atoms with Gasteiger partial charge in [-0.1, -0.05) is 32.1 Å². The second-order valence-electron chi connectivity index (χ2n) is 5.00. The Labute approximate surface area is 131 Å². The molecule has 112 valence electrons. The highest BCUT2D eigenvalue weighted by Gasteiger charge is 2.09. The Morgan fingerprint density at radius 3 is 2.80 bits per heavy atom. The van der Waals surface area contributed by atoms with Crippen LogP contribution in [0.1, 0.15) is 25.8 Å². The monoisotopic (exact) mass is 312 g/mol. The first-order valence-corrected chi connectivity index (χ1v) is 8.48. The molecule has 1 aromatic rings. The van der Waals surface area contributed by atoms with Gasteiger partial charge in [0.2, 0.25) is 0 Å². The van der Waals surface area contributed by atoms with Gasteiger partial charge in [-0.3, -0.25) is 0 Å². The van der Waals surface area contributed by atoms with E-state index >= 15 is 0 Å². The van der Waals surface area contributed by atoms with Crippen molar-refractivity contribution in [3.8, 4) is 0 Å². The molecule has 0 heterocycles. The Morgan fingerprint density at radius 2 is 2.20 bits per heavy atom. The van der Waals surface area contributed by atoms with Crippen molar-refractivity contribution in [1.82, 2.24) is 0 Å². The summed E-state index contributed by atoms with van der Waals surface area (Å²) < 4.78 is 5.56.